The largest absolute Gasteiger partial charge is 0.496 e. The molecule has 1 fully saturated rings. The van der Waals surface area contributed by atoms with Crippen LogP contribution < -0.4 is 10.1 Å². The zero-order chi connectivity index (χ0) is 14.5. The molecule has 112 valence electrons. The summed E-state index contributed by atoms with van der Waals surface area (Å²) in [7, 11) is 1.70. The van der Waals surface area contributed by atoms with E-state index in [2.05, 4.69) is 19.2 Å². The van der Waals surface area contributed by atoms with Crippen molar-refractivity contribution in [2.75, 3.05) is 13.7 Å². The fourth-order valence-electron chi connectivity index (χ4n) is 2.87. The maximum Gasteiger partial charge on any atom is 0.122 e. The molecular formula is C16H24ClNO2. The van der Waals surface area contributed by atoms with E-state index in [4.69, 9.17) is 21.1 Å². The van der Waals surface area contributed by atoms with Crippen molar-refractivity contribution in [1.29, 1.82) is 0 Å². The molecule has 1 N–H and O–H groups in total. The van der Waals surface area contributed by atoms with Crippen molar-refractivity contribution < 1.29 is 9.47 Å². The lowest BCUT2D eigenvalue weighted by Gasteiger charge is -2.25. The Morgan fingerprint density at radius 2 is 2.25 bits per heavy atom. The van der Waals surface area contributed by atoms with Crippen LogP contribution in [-0.4, -0.2) is 31.9 Å². The summed E-state index contributed by atoms with van der Waals surface area (Å²) >= 11 is 6.11. The molecule has 1 heterocycles. The average Bonchev–Trinajstić information content (AvgIpc) is 2.85. The third-order valence-corrected chi connectivity index (χ3v) is 4.10. The lowest BCUT2D eigenvalue weighted by molar-refractivity contribution is 0.0323. The number of hydrogen-bond acceptors (Lipinski definition) is 3. The lowest BCUT2D eigenvalue weighted by Crippen LogP contribution is -2.41. The maximum absolute atomic E-state index is 6.11. The molecule has 0 aliphatic carbocycles. The molecule has 1 aromatic rings. The molecule has 0 aromatic heterocycles. The summed E-state index contributed by atoms with van der Waals surface area (Å²) in [6.45, 7) is 5.20. The van der Waals surface area contributed by atoms with E-state index in [-0.39, 0.29) is 6.10 Å². The summed E-state index contributed by atoms with van der Waals surface area (Å²) in [5.74, 6) is 0.892. The minimum atomic E-state index is 0.272. The Labute approximate surface area is 126 Å². The van der Waals surface area contributed by atoms with Gasteiger partial charge < -0.3 is 14.8 Å². The summed E-state index contributed by atoms with van der Waals surface area (Å²) in [4.78, 5) is 0. The van der Waals surface area contributed by atoms with Crippen molar-refractivity contribution in [3.05, 3.63) is 28.8 Å². The van der Waals surface area contributed by atoms with Gasteiger partial charge in [-0.1, -0.05) is 18.5 Å². The van der Waals surface area contributed by atoms with Crippen LogP contribution in [0.25, 0.3) is 0 Å². The highest BCUT2D eigenvalue weighted by Gasteiger charge is 2.29. The van der Waals surface area contributed by atoms with Crippen LogP contribution in [0.5, 0.6) is 5.75 Å². The Kier molecular flexibility index (Phi) is 5.70. The van der Waals surface area contributed by atoms with E-state index < -0.39 is 0 Å². The van der Waals surface area contributed by atoms with Gasteiger partial charge >= 0.3 is 0 Å². The van der Waals surface area contributed by atoms with Gasteiger partial charge in [-0.3, -0.25) is 0 Å². The van der Waals surface area contributed by atoms with Gasteiger partial charge in [0.2, 0.25) is 0 Å². The third-order valence-electron chi connectivity index (χ3n) is 3.86. The number of methoxy groups -OCH3 is 1. The summed E-state index contributed by atoms with van der Waals surface area (Å²) in [6, 6.07) is 6.08. The van der Waals surface area contributed by atoms with Gasteiger partial charge in [0, 0.05) is 11.1 Å². The Balaban J connectivity index is 2.13. The van der Waals surface area contributed by atoms with E-state index in [0.29, 0.717) is 12.1 Å². The van der Waals surface area contributed by atoms with Crippen molar-refractivity contribution in [2.45, 2.75) is 51.4 Å². The van der Waals surface area contributed by atoms with E-state index >= 15 is 0 Å². The summed E-state index contributed by atoms with van der Waals surface area (Å²) in [5.41, 5.74) is 1.13. The van der Waals surface area contributed by atoms with Gasteiger partial charge in [0.05, 0.1) is 19.3 Å². The van der Waals surface area contributed by atoms with Crippen molar-refractivity contribution in [2.24, 2.45) is 0 Å². The van der Waals surface area contributed by atoms with Gasteiger partial charge in [-0.2, -0.15) is 0 Å². The minimum absolute atomic E-state index is 0.272. The zero-order valence-electron chi connectivity index (χ0n) is 12.5. The topological polar surface area (TPSA) is 30.5 Å². The van der Waals surface area contributed by atoms with Gasteiger partial charge in [0.15, 0.2) is 0 Å². The molecule has 1 aliphatic heterocycles. The molecule has 2 rings (SSSR count). The van der Waals surface area contributed by atoms with Crippen LogP contribution in [-0.2, 0) is 11.2 Å². The molecule has 0 saturated carbocycles. The molecule has 0 spiro atoms. The maximum atomic E-state index is 6.11. The van der Waals surface area contributed by atoms with Gasteiger partial charge in [-0.25, -0.2) is 0 Å². The fourth-order valence-corrected chi connectivity index (χ4v) is 3.07. The highest BCUT2D eigenvalue weighted by atomic mass is 35.5. The van der Waals surface area contributed by atoms with Crippen molar-refractivity contribution >= 4 is 11.6 Å². The normalized spacial score (nSPS) is 23.8. The average molecular weight is 298 g/mol. The van der Waals surface area contributed by atoms with Crippen molar-refractivity contribution in [1.82, 2.24) is 5.32 Å². The molecule has 0 bridgehead atoms. The first-order valence-electron chi connectivity index (χ1n) is 7.35. The molecular weight excluding hydrogens is 274 g/mol. The Bertz CT molecular complexity index is 438. The molecule has 1 aromatic carbocycles. The van der Waals surface area contributed by atoms with E-state index in [1.165, 1.54) is 0 Å². The monoisotopic (exact) mass is 297 g/mol. The molecule has 4 heteroatoms. The van der Waals surface area contributed by atoms with E-state index in [0.717, 1.165) is 42.1 Å². The second-order valence-electron chi connectivity index (χ2n) is 5.39. The number of rotatable bonds is 6. The van der Waals surface area contributed by atoms with Gasteiger partial charge in [0.1, 0.15) is 5.75 Å². The quantitative estimate of drug-likeness (QED) is 0.872. The Morgan fingerprint density at radius 3 is 2.85 bits per heavy atom. The first-order chi connectivity index (χ1) is 9.63. The highest BCUT2D eigenvalue weighted by Crippen LogP contribution is 2.28. The Hall–Kier alpha value is -0.770. The van der Waals surface area contributed by atoms with Gasteiger partial charge in [-0.15, -0.1) is 0 Å². The molecule has 0 amide bonds. The fraction of sp³-hybridized carbons (Fsp3) is 0.625. The number of likely N-dealkylation sites (N-methyl/N-ethyl adjacent to an activating group) is 1. The summed E-state index contributed by atoms with van der Waals surface area (Å²) in [5, 5.41) is 4.29. The minimum Gasteiger partial charge on any atom is -0.496 e. The standard InChI is InChI=1S/C16H24ClNO2/c1-4-18-14(16-7-5-11(2)20-16)10-12-9-13(17)6-8-15(12)19-3/h6,8-9,11,14,16,18H,4-5,7,10H2,1-3H3. The van der Waals surface area contributed by atoms with Gasteiger partial charge in [0.25, 0.3) is 0 Å². The number of benzene rings is 1. The second kappa shape index (κ2) is 7.30. The number of ether oxygens (including phenoxy) is 2. The van der Waals surface area contributed by atoms with Gasteiger partial charge in [-0.05, 0) is 56.5 Å². The van der Waals surface area contributed by atoms with Crippen LogP contribution in [0.3, 0.4) is 0 Å². The van der Waals surface area contributed by atoms with Crippen LogP contribution >= 0.6 is 11.6 Å². The molecule has 1 saturated heterocycles. The predicted molar refractivity (Wildman–Crippen MR) is 82.7 cm³/mol. The zero-order valence-corrected chi connectivity index (χ0v) is 13.2. The first kappa shape index (κ1) is 15.6. The smallest absolute Gasteiger partial charge is 0.122 e. The molecule has 0 radical (unpaired) electrons. The van der Waals surface area contributed by atoms with Crippen LogP contribution in [0.2, 0.25) is 5.02 Å². The molecule has 3 atom stereocenters. The number of nitrogens with one attached hydrogen (secondary N) is 1. The van der Waals surface area contributed by atoms with Crippen LogP contribution in [0.1, 0.15) is 32.3 Å². The van der Waals surface area contributed by atoms with Crippen LogP contribution in [0.4, 0.5) is 0 Å². The molecule has 3 unspecified atom stereocenters. The molecule has 20 heavy (non-hydrogen) atoms. The molecule has 3 nitrogen and oxygen atoms in total. The third kappa shape index (κ3) is 3.87. The van der Waals surface area contributed by atoms with E-state index in [1.54, 1.807) is 7.11 Å². The number of halogens is 1. The predicted octanol–water partition coefficient (Wildman–Crippen LogP) is 3.44. The second-order valence-corrected chi connectivity index (χ2v) is 5.82. The summed E-state index contributed by atoms with van der Waals surface area (Å²) < 4.78 is 11.5. The van der Waals surface area contributed by atoms with E-state index in [9.17, 15) is 0 Å². The van der Waals surface area contributed by atoms with E-state index in [1.807, 2.05) is 18.2 Å². The Morgan fingerprint density at radius 1 is 1.45 bits per heavy atom. The number of hydrogen-bond donors (Lipinski definition) is 1. The molecule has 1 aliphatic rings. The summed E-state index contributed by atoms with van der Waals surface area (Å²) in [6.07, 6.45) is 3.76. The van der Waals surface area contributed by atoms with Crippen molar-refractivity contribution in [3.8, 4) is 5.75 Å². The first-order valence-corrected chi connectivity index (χ1v) is 7.73. The SMILES string of the molecule is CCNC(Cc1cc(Cl)ccc1OC)C1CCC(C)O1. The van der Waals surface area contributed by atoms with Crippen LogP contribution in [0, 0.1) is 0 Å². The van der Waals surface area contributed by atoms with Crippen LogP contribution in [0.15, 0.2) is 18.2 Å². The lowest BCUT2D eigenvalue weighted by atomic mass is 9.98. The highest BCUT2D eigenvalue weighted by molar-refractivity contribution is 6.30. The van der Waals surface area contributed by atoms with Crippen molar-refractivity contribution in [3.63, 3.8) is 0 Å².